The normalized spacial score (nSPS) is 10.6. The fourth-order valence-corrected chi connectivity index (χ4v) is 1.80. The van der Waals surface area contributed by atoms with E-state index in [9.17, 15) is 0 Å². The van der Waals surface area contributed by atoms with Crippen molar-refractivity contribution in [2.75, 3.05) is 65.4 Å². The molecule has 0 fully saturated rings. The fraction of sp³-hybridized carbons (Fsp3) is 1.00. The monoisotopic (exact) mass is 305 g/mol. The minimum atomic E-state index is 0.681. The minimum absolute atomic E-state index is 0.681. The summed E-state index contributed by atoms with van der Waals surface area (Å²) < 4.78 is 0. The molecule has 0 radical (unpaired) electrons. The van der Waals surface area contributed by atoms with Crippen molar-refractivity contribution in [2.45, 2.75) is 25.7 Å². The van der Waals surface area contributed by atoms with E-state index in [0.717, 1.165) is 58.7 Å². The van der Waals surface area contributed by atoms with Gasteiger partial charge >= 0.3 is 0 Å². The molecule has 0 amide bonds. The van der Waals surface area contributed by atoms with Crippen molar-refractivity contribution in [3.63, 3.8) is 0 Å². The maximum absolute atomic E-state index is 5.37. The Hall–Kier alpha value is -0.280. The molecule has 0 rings (SSSR count). The molecule has 0 saturated carbocycles. The van der Waals surface area contributed by atoms with E-state index < -0.39 is 0 Å². The molecule has 0 atom stereocenters. The zero-order valence-electron chi connectivity index (χ0n) is 13.7. The quantitative estimate of drug-likeness (QED) is 0.208. The molecule has 0 aromatic rings. The summed E-state index contributed by atoms with van der Waals surface area (Å²) in [5, 5.41) is 3.34. The van der Waals surface area contributed by atoms with E-state index in [4.69, 9.17) is 28.7 Å². The summed E-state index contributed by atoms with van der Waals surface area (Å²) in [7, 11) is 0. The van der Waals surface area contributed by atoms with Crippen LogP contribution in [0.15, 0.2) is 0 Å². The van der Waals surface area contributed by atoms with Crippen LogP contribution < -0.4 is 34.0 Å². The van der Waals surface area contributed by atoms with Crippen molar-refractivity contribution in [3.05, 3.63) is 0 Å². The lowest BCUT2D eigenvalue weighted by molar-refractivity contribution is 0.297. The molecule has 0 heterocycles. The summed E-state index contributed by atoms with van der Waals surface area (Å²) in [6, 6.07) is 0. The summed E-state index contributed by atoms with van der Waals surface area (Å²) in [5.74, 6) is 0. The van der Waals surface area contributed by atoms with Gasteiger partial charge in [-0.1, -0.05) is 0 Å². The lowest BCUT2D eigenvalue weighted by Gasteiger charge is -2.18. The third-order valence-corrected chi connectivity index (χ3v) is 2.95. The van der Waals surface area contributed by atoms with Crippen LogP contribution in [0, 0.1) is 0 Å². The standard InChI is InChI=1S/C8H21N3.C6H18N4/c9-5-1-3-7-11-8-4-2-6-10;7-1-4-10(5-2-8)6-3-9/h11H,1-10H2;1-9H2. The van der Waals surface area contributed by atoms with Gasteiger partial charge in [-0.05, 0) is 51.9 Å². The van der Waals surface area contributed by atoms with Gasteiger partial charge in [-0.3, -0.25) is 4.90 Å². The first-order valence-corrected chi connectivity index (χ1v) is 8.20. The first kappa shape index (κ1) is 23.0. The van der Waals surface area contributed by atoms with Gasteiger partial charge in [-0.25, -0.2) is 0 Å². The van der Waals surface area contributed by atoms with Crippen molar-refractivity contribution in [2.24, 2.45) is 28.7 Å². The second-order valence-corrected chi connectivity index (χ2v) is 4.95. The topological polar surface area (TPSA) is 145 Å². The van der Waals surface area contributed by atoms with Crippen LogP contribution in [-0.4, -0.2) is 70.3 Å². The van der Waals surface area contributed by atoms with Gasteiger partial charge in [0, 0.05) is 39.3 Å². The summed E-state index contributed by atoms with van der Waals surface area (Å²) in [6.07, 6.45) is 4.64. The first-order chi connectivity index (χ1) is 10.3. The van der Waals surface area contributed by atoms with E-state index in [1.807, 2.05) is 0 Å². The van der Waals surface area contributed by atoms with Gasteiger partial charge in [-0.2, -0.15) is 0 Å². The zero-order chi connectivity index (χ0) is 16.2. The number of nitrogens with zero attached hydrogens (tertiary/aromatic N) is 1. The maximum Gasteiger partial charge on any atom is 0.0106 e. The zero-order valence-corrected chi connectivity index (χ0v) is 13.7. The minimum Gasteiger partial charge on any atom is -0.330 e. The van der Waals surface area contributed by atoms with Crippen molar-refractivity contribution in [1.29, 1.82) is 0 Å². The first-order valence-electron chi connectivity index (χ1n) is 8.20. The number of nitrogens with two attached hydrogens (primary N) is 5. The highest BCUT2D eigenvalue weighted by Crippen LogP contribution is 1.85. The maximum atomic E-state index is 5.37. The van der Waals surface area contributed by atoms with E-state index in [1.54, 1.807) is 0 Å². The number of nitrogens with one attached hydrogen (secondary N) is 1. The molecule has 0 aromatic carbocycles. The van der Waals surface area contributed by atoms with Gasteiger partial charge in [0.05, 0.1) is 0 Å². The lowest BCUT2D eigenvalue weighted by atomic mass is 10.3. The summed E-state index contributed by atoms with van der Waals surface area (Å²) in [5.41, 5.74) is 26.8. The number of unbranched alkanes of at least 4 members (excludes halogenated alkanes) is 2. The Balaban J connectivity index is 0. The SMILES string of the molecule is NCCCCNCCCCN.NCCN(CCN)CCN. The van der Waals surface area contributed by atoms with Gasteiger partial charge in [0.2, 0.25) is 0 Å². The van der Waals surface area contributed by atoms with Gasteiger partial charge in [0.15, 0.2) is 0 Å². The van der Waals surface area contributed by atoms with E-state index in [0.29, 0.717) is 19.6 Å². The van der Waals surface area contributed by atoms with Crippen molar-refractivity contribution >= 4 is 0 Å². The molecule has 0 saturated heterocycles. The Labute approximate surface area is 130 Å². The predicted molar refractivity (Wildman–Crippen MR) is 93.0 cm³/mol. The molecule has 0 aliphatic heterocycles. The molecule has 11 N–H and O–H groups in total. The van der Waals surface area contributed by atoms with Gasteiger partial charge in [0.25, 0.3) is 0 Å². The van der Waals surface area contributed by atoms with Crippen molar-refractivity contribution in [1.82, 2.24) is 10.2 Å². The Morgan fingerprint density at radius 3 is 1.19 bits per heavy atom. The van der Waals surface area contributed by atoms with Crippen LogP contribution in [0.4, 0.5) is 0 Å². The highest BCUT2D eigenvalue weighted by molar-refractivity contribution is 4.58. The number of hydrogen-bond acceptors (Lipinski definition) is 7. The smallest absolute Gasteiger partial charge is 0.0106 e. The lowest BCUT2D eigenvalue weighted by Crippen LogP contribution is -2.37. The van der Waals surface area contributed by atoms with Gasteiger partial charge in [-0.15, -0.1) is 0 Å². The van der Waals surface area contributed by atoms with Crippen LogP contribution in [-0.2, 0) is 0 Å². The predicted octanol–water partition coefficient (Wildman–Crippen LogP) is -1.78. The highest BCUT2D eigenvalue weighted by Gasteiger charge is 1.98. The van der Waals surface area contributed by atoms with E-state index in [-0.39, 0.29) is 0 Å². The van der Waals surface area contributed by atoms with Crippen LogP contribution in [0.3, 0.4) is 0 Å². The summed E-state index contributed by atoms with van der Waals surface area (Å²) in [6.45, 7) is 8.55. The molecule has 0 aliphatic rings. The molecule has 0 spiro atoms. The molecule has 0 aliphatic carbocycles. The molecule has 7 nitrogen and oxygen atoms in total. The van der Waals surface area contributed by atoms with E-state index in [2.05, 4.69) is 10.2 Å². The van der Waals surface area contributed by atoms with Crippen molar-refractivity contribution < 1.29 is 0 Å². The Morgan fingerprint density at radius 1 is 0.524 bits per heavy atom. The largest absolute Gasteiger partial charge is 0.330 e. The number of hydrogen-bond donors (Lipinski definition) is 6. The molecule has 0 unspecified atom stereocenters. The third-order valence-electron chi connectivity index (χ3n) is 2.95. The van der Waals surface area contributed by atoms with Crippen LogP contribution in [0.5, 0.6) is 0 Å². The Bertz CT molecular complexity index is 147. The fourth-order valence-electron chi connectivity index (χ4n) is 1.80. The molecule has 0 aromatic heterocycles. The second-order valence-electron chi connectivity index (χ2n) is 4.95. The van der Waals surface area contributed by atoms with Crippen LogP contribution in [0.25, 0.3) is 0 Å². The van der Waals surface area contributed by atoms with Crippen LogP contribution in [0.1, 0.15) is 25.7 Å². The molecular weight excluding hydrogens is 266 g/mol. The molecule has 21 heavy (non-hydrogen) atoms. The summed E-state index contributed by atoms with van der Waals surface area (Å²) in [4.78, 5) is 2.17. The van der Waals surface area contributed by atoms with Crippen molar-refractivity contribution in [3.8, 4) is 0 Å². The molecule has 0 bridgehead atoms. The van der Waals surface area contributed by atoms with E-state index in [1.165, 1.54) is 12.8 Å². The third kappa shape index (κ3) is 22.1. The second kappa shape index (κ2) is 22.0. The molecular formula is C14H39N7. The van der Waals surface area contributed by atoms with Gasteiger partial charge in [0.1, 0.15) is 0 Å². The average Bonchev–Trinajstić information content (AvgIpc) is 2.48. The van der Waals surface area contributed by atoms with Crippen LogP contribution in [0.2, 0.25) is 0 Å². The Morgan fingerprint density at radius 2 is 0.905 bits per heavy atom. The molecule has 130 valence electrons. The highest BCUT2D eigenvalue weighted by atomic mass is 15.1. The Kier molecular flexibility index (Phi) is 24.1. The molecule has 7 heteroatoms. The van der Waals surface area contributed by atoms with Crippen LogP contribution >= 0.6 is 0 Å². The van der Waals surface area contributed by atoms with Gasteiger partial charge < -0.3 is 34.0 Å². The van der Waals surface area contributed by atoms with E-state index >= 15 is 0 Å². The summed E-state index contributed by atoms with van der Waals surface area (Å²) >= 11 is 0. The average molecular weight is 306 g/mol. The number of rotatable bonds is 14.